The van der Waals surface area contributed by atoms with E-state index in [1.165, 1.54) is 4.90 Å². The fraction of sp³-hybridized carbons (Fsp3) is 0.435. The van der Waals surface area contributed by atoms with Crippen molar-refractivity contribution in [3.8, 4) is 0 Å². The van der Waals surface area contributed by atoms with Crippen molar-refractivity contribution in [3.05, 3.63) is 58.3 Å². The number of hydrogen-bond donors (Lipinski definition) is 1. The van der Waals surface area contributed by atoms with Crippen molar-refractivity contribution in [3.63, 3.8) is 0 Å². The van der Waals surface area contributed by atoms with Crippen LogP contribution >= 0.6 is 23.1 Å². The van der Waals surface area contributed by atoms with Gasteiger partial charge in [-0.25, -0.2) is 4.79 Å². The van der Waals surface area contributed by atoms with Crippen molar-refractivity contribution in [1.29, 1.82) is 0 Å². The molecule has 1 aliphatic heterocycles. The number of nitrogens with zero attached hydrogens (tertiary/aromatic N) is 1. The number of carbonyl (C=O) groups excluding carboxylic acids is 3. The van der Waals surface area contributed by atoms with E-state index < -0.39 is 24.6 Å². The number of thioether (sulfide) groups is 1. The monoisotopic (exact) mass is 476 g/mol. The van der Waals surface area contributed by atoms with Crippen molar-refractivity contribution in [2.45, 2.75) is 37.1 Å². The van der Waals surface area contributed by atoms with Gasteiger partial charge in [0.2, 0.25) is 0 Å². The van der Waals surface area contributed by atoms with E-state index >= 15 is 0 Å². The predicted molar refractivity (Wildman–Crippen MR) is 122 cm³/mol. The highest BCUT2D eigenvalue weighted by Gasteiger charge is 2.38. The van der Waals surface area contributed by atoms with Gasteiger partial charge in [0.1, 0.15) is 0 Å². The normalized spacial score (nSPS) is 19.9. The third-order valence-electron chi connectivity index (χ3n) is 5.31. The van der Waals surface area contributed by atoms with E-state index in [0.29, 0.717) is 25.1 Å². The molecule has 0 bridgehead atoms. The van der Waals surface area contributed by atoms with Gasteiger partial charge in [0.15, 0.2) is 12.1 Å². The van der Waals surface area contributed by atoms with Gasteiger partial charge < -0.3 is 24.9 Å². The van der Waals surface area contributed by atoms with Gasteiger partial charge in [-0.2, -0.15) is 0 Å². The Bertz CT molecular complexity index is 891. The minimum atomic E-state index is -1.29. The first-order valence-electron chi connectivity index (χ1n) is 10.7. The SMILES string of the molecule is CCOC(=O)[C@H](CCc1ccccc1)[NH2+][C@H]1CS[C@H](c2cccs2)CN(CC(=O)[O-])C1=O. The number of amides is 1. The molecule has 0 spiro atoms. The average molecular weight is 477 g/mol. The number of benzene rings is 1. The minimum absolute atomic E-state index is 0.0120. The fourth-order valence-electron chi connectivity index (χ4n) is 3.74. The number of hydrogen-bond acceptors (Lipinski definition) is 7. The molecule has 2 N–H and O–H groups in total. The molecule has 3 atom stereocenters. The van der Waals surface area contributed by atoms with Gasteiger partial charge in [-0.1, -0.05) is 36.4 Å². The molecule has 0 unspecified atom stereocenters. The highest BCUT2D eigenvalue weighted by atomic mass is 32.2. The molecule has 32 heavy (non-hydrogen) atoms. The van der Waals surface area contributed by atoms with Gasteiger partial charge in [-0.3, -0.25) is 4.79 Å². The number of quaternary nitrogens is 1. The molecule has 1 amide bonds. The van der Waals surface area contributed by atoms with Gasteiger partial charge in [-0.15, -0.1) is 23.1 Å². The Kier molecular flexibility index (Phi) is 9.13. The number of aliphatic carboxylic acids is 1. The zero-order valence-corrected chi connectivity index (χ0v) is 19.6. The largest absolute Gasteiger partial charge is 0.548 e. The van der Waals surface area contributed by atoms with Crippen LogP contribution in [0, 0.1) is 0 Å². The maximum atomic E-state index is 13.2. The van der Waals surface area contributed by atoms with Crippen LogP contribution in [-0.4, -0.2) is 60.3 Å². The van der Waals surface area contributed by atoms with E-state index in [0.717, 1.165) is 10.4 Å². The van der Waals surface area contributed by atoms with Crippen molar-refractivity contribution >= 4 is 40.9 Å². The standard InChI is InChI=1S/C23H28N2O5S2/c1-2-30-23(29)17(11-10-16-7-4-3-5-8-16)24-18-15-32-20(19-9-6-12-31-19)13-25(22(18)28)14-21(26)27/h3-9,12,17-18,20,24H,2,10-11,13-15H2,1H3,(H,26,27)/t17-,18-,20-/m0/s1. The minimum Gasteiger partial charge on any atom is -0.548 e. The van der Waals surface area contributed by atoms with Crippen molar-refractivity contribution in [1.82, 2.24) is 4.90 Å². The molecule has 172 valence electrons. The van der Waals surface area contributed by atoms with Crippen LogP contribution in [0.5, 0.6) is 0 Å². The zero-order valence-electron chi connectivity index (χ0n) is 18.0. The Morgan fingerprint density at radius 2 is 2.03 bits per heavy atom. The molecule has 0 radical (unpaired) electrons. The van der Waals surface area contributed by atoms with Crippen molar-refractivity contribution in [2.24, 2.45) is 0 Å². The maximum absolute atomic E-state index is 13.2. The van der Waals surface area contributed by atoms with Crippen LogP contribution < -0.4 is 10.4 Å². The molecule has 1 aromatic carbocycles. The molecule has 3 rings (SSSR count). The van der Waals surface area contributed by atoms with Crippen LogP contribution in [0.15, 0.2) is 47.8 Å². The number of aryl methyl sites for hydroxylation is 1. The van der Waals surface area contributed by atoms with E-state index in [2.05, 4.69) is 0 Å². The van der Waals surface area contributed by atoms with Crippen molar-refractivity contribution < 1.29 is 29.5 Å². The Labute approximate surface area is 196 Å². The van der Waals surface area contributed by atoms with E-state index in [-0.39, 0.29) is 23.7 Å². The number of carboxylic acids is 1. The van der Waals surface area contributed by atoms with E-state index in [1.54, 1.807) is 35.3 Å². The van der Waals surface area contributed by atoms with E-state index in [4.69, 9.17) is 4.74 Å². The molecule has 1 aliphatic rings. The lowest BCUT2D eigenvalue weighted by Gasteiger charge is -2.26. The Morgan fingerprint density at radius 3 is 2.69 bits per heavy atom. The Morgan fingerprint density at radius 1 is 1.25 bits per heavy atom. The van der Waals surface area contributed by atoms with Crippen LogP contribution in [0.4, 0.5) is 0 Å². The summed E-state index contributed by atoms with van der Waals surface area (Å²) >= 11 is 3.20. The second-order valence-electron chi connectivity index (χ2n) is 7.61. The molecule has 1 saturated heterocycles. The highest BCUT2D eigenvalue weighted by Crippen LogP contribution is 2.35. The summed E-state index contributed by atoms with van der Waals surface area (Å²) in [6, 6.07) is 12.7. The lowest BCUT2D eigenvalue weighted by Crippen LogP contribution is -2.99. The number of ether oxygens (including phenoxy) is 1. The lowest BCUT2D eigenvalue weighted by molar-refractivity contribution is -0.696. The number of esters is 1. The van der Waals surface area contributed by atoms with Gasteiger partial charge in [-0.05, 0) is 30.4 Å². The molecule has 2 aromatic rings. The van der Waals surface area contributed by atoms with Crippen LogP contribution in [0.1, 0.15) is 29.0 Å². The first kappa shape index (κ1) is 24.3. The first-order chi connectivity index (χ1) is 15.5. The van der Waals surface area contributed by atoms with Crippen LogP contribution in [-0.2, 0) is 25.5 Å². The number of thiophene rings is 1. The fourth-order valence-corrected chi connectivity index (χ4v) is 6.03. The Hall–Kier alpha value is -2.36. The van der Waals surface area contributed by atoms with Crippen LogP contribution in [0.25, 0.3) is 0 Å². The van der Waals surface area contributed by atoms with E-state index in [1.807, 2.05) is 47.8 Å². The molecule has 0 saturated carbocycles. The molecule has 1 fully saturated rings. The predicted octanol–water partition coefficient (Wildman–Crippen LogP) is 0.611. The number of nitrogens with two attached hydrogens (primary N) is 1. The third kappa shape index (κ3) is 6.82. The Balaban J connectivity index is 1.75. The summed E-state index contributed by atoms with van der Waals surface area (Å²) < 4.78 is 5.27. The first-order valence-corrected chi connectivity index (χ1v) is 12.6. The summed E-state index contributed by atoms with van der Waals surface area (Å²) in [5.41, 5.74) is 1.10. The van der Waals surface area contributed by atoms with Crippen LogP contribution in [0.2, 0.25) is 0 Å². The summed E-state index contributed by atoms with van der Waals surface area (Å²) in [6.07, 6.45) is 1.20. The zero-order chi connectivity index (χ0) is 22.9. The third-order valence-corrected chi connectivity index (χ3v) is 7.81. The van der Waals surface area contributed by atoms with Gasteiger partial charge in [0, 0.05) is 17.8 Å². The summed E-state index contributed by atoms with van der Waals surface area (Å²) in [6.45, 7) is 1.86. The highest BCUT2D eigenvalue weighted by molar-refractivity contribution is 7.99. The van der Waals surface area contributed by atoms with Gasteiger partial charge >= 0.3 is 5.97 Å². The van der Waals surface area contributed by atoms with Crippen molar-refractivity contribution in [2.75, 3.05) is 25.4 Å². The molecule has 2 heterocycles. The molecular formula is C23H28N2O5S2. The number of carboxylic acid groups (broad SMARTS) is 1. The summed E-state index contributed by atoms with van der Waals surface area (Å²) in [5.74, 6) is -1.45. The average Bonchev–Trinajstić information content (AvgIpc) is 3.27. The molecule has 0 aliphatic carbocycles. The van der Waals surface area contributed by atoms with Gasteiger partial charge in [0.25, 0.3) is 5.91 Å². The summed E-state index contributed by atoms with van der Waals surface area (Å²) in [5, 5.41) is 15.0. The second-order valence-corrected chi connectivity index (χ2v) is 9.82. The van der Waals surface area contributed by atoms with Gasteiger partial charge in [0.05, 0.1) is 30.1 Å². The van der Waals surface area contributed by atoms with Crippen LogP contribution in [0.3, 0.4) is 0 Å². The number of rotatable bonds is 10. The molecule has 7 nitrogen and oxygen atoms in total. The maximum Gasteiger partial charge on any atom is 0.364 e. The van der Waals surface area contributed by atoms with E-state index in [9.17, 15) is 19.5 Å². The molecule has 9 heteroatoms. The topological polar surface area (TPSA) is 103 Å². The number of carbonyl (C=O) groups is 3. The summed E-state index contributed by atoms with van der Waals surface area (Å²) in [7, 11) is 0. The smallest absolute Gasteiger partial charge is 0.364 e. The molecular weight excluding hydrogens is 448 g/mol. The second kappa shape index (κ2) is 12.0. The quantitative estimate of drug-likeness (QED) is 0.504. The molecule has 1 aromatic heterocycles. The lowest BCUT2D eigenvalue weighted by atomic mass is 10.0. The summed E-state index contributed by atoms with van der Waals surface area (Å²) in [4.78, 5) is 39.6.